The number of hydrogen-bond acceptors (Lipinski definition) is 2. The van der Waals surface area contributed by atoms with E-state index in [-0.39, 0.29) is 23.0 Å². The van der Waals surface area contributed by atoms with Crippen LogP contribution in [0.5, 0.6) is 0 Å². The SMILES string of the molecule is Cc1ccc(-n2ncc3c2CC(C)(C)C[C@@H]3NC(=O)NC(C)(C)C)cc1. The molecule has 1 aliphatic rings. The zero-order valence-electron chi connectivity index (χ0n) is 16.7. The Labute approximate surface area is 156 Å². The van der Waals surface area contributed by atoms with E-state index in [1.807, 2.05) is 31.6 Å². The average Bonchev–Trinajstić information content (AvgIpc) is 2.88. The Balaban J connectivity index is 1.92. The Morgan fingerprint density at radius 3 is 2.50 bits per heavy atom. The number of nitrogens with one attached hydrogen (secondary N) is 2. The van der Waals surface area contributed by atoms with Crippen molar-refractivity contribution in [1.29, 1.82) is 0 Å². The van der Waals surface area contributed by atoms with Gasteiger partial charge in [0.1, 0.15) is 0 Å². The predicted molar refractivity (Wildman–Crippen MR) is 105 cm³/mol. The predicted octanol–water partition coefficient (Wildman–Crippen LogP) is 4.29. The van der Waals surface area contributed by atoms with E-state index in [4.69, 9.17) is 0 Å². The summed E-state index contributed by atoms with van der Waals surface area (Å²) < 4.78 is 2.02. The van der Waals surface area contributed by atoms with Crippen molar-refractivity contribution in [1.82, 2.24) is 20.4 Å². The van der Waals surface area contributed by atoms with Gasteiger partial charge in [-0.05, 0) is 58.1 Å². The van der Waals surface area contributed by atoms with Gasteiger partial charge in [0.05, 0.1) is 23.6 Å². The van der Waals surface area contributed by atoms with Gasteiger partial charge in [0, 0.05) is 11.1 Å². The molecule has 5 nitrogen and oxygen atoms in total. The van der Waals surface area contributed by atoms with Crippen molar-refractivity contribution < 1.29 is 4.79 Å². The molecule has 1 aromatic heterocycles. The number of hydrogen-bond donors (Lipinski definition) is 2. The summed E-state index contributed by atoms with van der Waals surface area (Å²) in [6.07, 6.45) is 3.75. The summed E-state index contributed by atoms with van der Waals surface area (Å²) in [6, 6.07) is 8.23. The molecule has 140 valence electrons. The van der Waals surface area contributed by atoms with Crippen LogP contribution in [0, 0.1) is 12.3 Å². The molecule has 0 spiro atoms. The number of fused-ring (bicyclic) bond motifs is 1. The molecule has 0 aliphatic heterocycles. The summed E-state index contributed by atoms with van der Waals surface area (Å²) in [5.74, 6) is 0. The highest BCUT2D eigenvalue weighted by Gasteiger charge is 2.36. The van der Waals surface area contributed by atoms with Crippen molar-refractivity contribution >= 4 is 6.03 Å². The third-order valence-electron chi connectivity index (χ3n) is 4.75. The van der Waals surface area contributed by atoms with Crippen LogP contribution in [-0.4, -0.2) is 21.4 Å². The van der Waals surface area contributed by atoms with Gasteiger partial charge < -0.3 is 10.6 Å². The highest BCUT2D eigenvalue weighted by molar-refractivity contribution is 5.75. The first kappa shape index (κ1) is 18.5. The lowest BCUT2D eigenvalue weighted by Crippen LogP contribution is -2.48. The van der Waals surface area contributed by atoms with Crippen LogP contribution in [0.2, 0.25) is 0 Å². The first-order chi connectivity index (χ1) is 12.0. The van der Waals surface area contributed by atoms with Gasteiger partial charge in [-0.3, -0.25) is 0 Å². The maximum atomic E-state index is 12.4. The van der Waals surface area contributed by atoms with Crippen LogP contribution in [0.4, 0.5) is 4.79 Å². The maximum Gasteiger partial charge on any atom is 0.315 e. The van der Waals surface area contributed by atoms with Gasteiger partial charge in [0.15, 0.2) is 0 Å². The smallest absolute Gasteiger partial charge is 0.315 e. The van der Waals surface area contributed by atoms with E-state index in [9.17, 15) is 4.79 Å². The third kappa shape index (κ3) is 4.09. The Kier molecular flexibility index (Phi) is 4.59. The van der Waals surface area contributed by atoms with Crippen LogP contribution in [0.15, 0.2) is 30.5 Å². The van der Waals surface area contributed by atoms with E-state index in [0.717, 1.165) is 24.1 Å². The molecule has 3 rings (SSSR count). The van der Waals surface area contributed by atoms with Gasteiger partial charge in [-0.1, -0.05) is 31.5 Å². The number of carbonyl (C=O) groups excluding carboxylic acids is 1. The number of rotatable bonds is 2. The summed E-state index contributed by atoms with van der Waals surface area (Å²) in [7, 11) is 0. The summed E-state index contributed by atoms with van der Waals surface area (Å²) in [6.45, 7) is 12.5. The van der Waals surface area contributed by atoms with Crippen LogP contribution < -0.4 is 10.6 Å². The van der Waals surface area contributed by atoms with Crippen LogP contribution in [-0.2, 0) is 6.42 Å². The highest BCUT2D eigenvalue weighted by atomic mass is 16.2. The van der Waals surface area contributed by atoms with Crippen molar-refractivity contribution in [2.45, 2.75) is 66.0 Å². The Bertz CT molecular complexity index is 796. The van der Waals surface area contributed by atoms with Crippen molar-refractivity contribution in [2.75, 3.05) is 0 Å². The zero-order chi connectivity index (χ0) is 19.1. The largest absolute Gasteiger partial charge is 0.334 e. The van der Waals surface area contributed by atoms with Gasteiger partial charge in [-0.15, -0.1) is 0 Å². The second-order valence-electron chi connectivity index (χ2n) is 9.24. The average molecular weight is 354 g/mol. The molecule has 26 heavy (non-hydrogen) atoms. The van der Waals surface area contributed by atoms with Crippen molar-refractivity contribution in [2.24, 2.45) is 5.41 Å². The molecule has 2 N–H and O–H groups in total. The van der Waals surface area contributed by atoms with E-state index in [1.165, 1.54) is 11.3 Å². The molecule has 5 heteroatoms. The topological polar surface area (TPSA) is 59.0 Å². The lowest BCUT2D eigenvalue weighted by atomic mass is 9.74. The van der Waals surface area contributed by atoms with E-state index < -0.39 is 0 Å². The summed E-state index contributed by atoms with van der Waals surface area (Å²) in [5, 5.41) is 10.8. The Morgan fingerprint density at radius 1 is 1.23 bits per heavy atom. The second-order valence-corrected chi connectivity index (χ2v) is 9.24. The maximum absolute atomic E-state index is 12.4. The van der Waals surface area contributed by atoms with Gasteiger partial charge >= 0.3 is 6.03 Å². The second kappa shape index (κ2) is 6.45. The summed E-state index contributed by atoms with van der Waals surface area (Å²) in [5.41, 5.74) is 4.43. The summed E-state index contributed by atoms with van der Waals surface area (Å²) >= 11 is 0. The molecular formula is C21H30N4O. The number of aromatic nitrogens is 2. The first-order valence-electron chi connectivity index (χ1n) is 9.27. The Hall–Kier alpha value is -2.30. The van der Waals surface area contributed by atoms with Gasteiger partial charge in [-0.2, -0.15) is 5.10 Å². The molecule has 0 unspecified atom stereocenters. The van der Waals surface area contributed by atoms with E-state index in [2.05, 4.69) is 60.8 Å². The van der Waals surface area contributed by atoms with Crippen molar-refractivity contribution in [3.05, 3.63) is 47.3 Å². The Morgan fingerprint density at radius 2 is 1.88 bits per heavy atom. The summed E-state index contributed by atoms with van der Waals surface area (Å²) in [4.78, 5) is 12.4. The molecule has 1 heterocycles. The lowest BCUT2D eigenvalue weighted by Gasteiger charge is -2.36. The van der Waals surface area contributed by atoms with Crippen LogP contribution >= 0.6 is 0 Å². The number of benzene rings is 1. The van der Waals surface area contributed by atoms with E-state index >= 15 is 0 Å². The molecule has 0 saturated carbocycles. The molecule has 0 saturated heterocycles. The normalized spacial score (nSPS) is 18.9. The molecule has 2 aromatic rings. The molecule has 1 atom stereocenters. The number of carbonyl (C=O) groups is 1. The molecule has 0 radical (unpaired) electrons. The lowest BCUT2D eigenvalue weighted by molar-refractivity contribution is 0.213. The van der Waals surface area contributed by atoms with Crippen molar-refractivity contribution in [3.63, 3.8) is 0 Å². The number of aryl methyl sites for hydroxylation is 1. The minimum atomic E-state index is -0.261. The van der Waals surface area contributed by atoms with Gasteiger partial charge in [-0.25, -0.2) is 9.48 Å². The fourth-order valence-corrected chi connectivity index (χ4v) is 3.61. The minimum absolute atomic E-state index is 0.0321. The highest BCUT2D eigenvalue weighted by Crippen LogP contribution is 2.41. The van der Waals surface area contributed by atoms with Crippen LogP contribution in [0.1, 0.15) is 63.9 Å². The fourth-order valence-electron chi connectivity index (χ4n) is 3.61. The van der Waals surface area contributed by atoms with E-state index in [0.29, 0.717) is 0 Å². The van der Waals surface area contributed by atoms with E-state index in [1.54, 1.807) is 0 Å². The van der Waals surface area contributed by atoms with Gasteiger partial charge in [0.2, 0.25) is 0 Å². The number of nitrogens with zero attached hydrogens (tertiary/aromatic N) is 2. The third-order valence-corrected chi connectivity index (χ3v) is 4.75. The molecule has 0 bridgehead atoms. The van der Waals surface area contributed by atoms with Crippen LogP contribution in [0.25, 0.3) is 5.69 Å². The van der Waals surface area contributed by atoms with Crippen LogP contribution in [0.3, 0.4) is 0 Å². The minimum Gasteiger partial charge on any atom is -0.334 e. The first-order valence-corrected chi connectivity index (χ1v) is 9.27. The molecular weight excluding hydrogens is 324 g/mol. The molecule has 2 amide bonds. The van der Waals surface area contributed by atoms with Crippen molar-refractivity contribution in [3.8, 4) is 5.69 Å². The quantitative estimate of drug-likeness (QED) is 0.845. The molecule has 0 fully saturated rings. The number of urea groups is 1. The molecule has 1 aromatic carbocycles. The standard InChI is InChI=1S/C21H30N4O/c1-14-7-9-15(10-8-14)25-18-12-21(5,6)11-17(16(18)13-22-25)23-19(26)24-20(2,3)4/h7-10,13,17H,11-12H2,1-6H3,(H2,23,24,26)/t17-/m0/s1. The number of amides is 2. The zero-order valence-corrected chi connectivity index (χ0v) is 16.7. The fraction of sp³-hybridized carbons (Fsp3) is 0.524. The van der Waals surface area contributed by atoms with Gasteiger partial charge in [0.25, 0.3) is 0 Å². The monoisotopic (exact) mass is 354 g/mol. The molecule has 1 aliphatic carbocycles.